The molecule has 0 aliphatic carbocycles. The highest BCUT2D eigenvalue weighted by Crippen LogP contribution is 2.38. The Morgan fingerprint density at radius 3 is 2.38 bits per heavy atom. The Morgan fingerprint density at radius 1 is 1.12 bits per heavy atom. The quantitative estimate of drug-likeness (QED) is 0.636. The molecular formula is C18H14F3N3O2. The number of aliphatic imine (C=N–C) groups is 1. The van der Waals surface area contributed by atoms with Crippen LogP contribution in [0, 0.1) is 17.5 Å². The Morgan fingerprint density at radius 2 is 1.77 bits per heavy atom. The normalized spacial score (nSPS) is 15.5. The van der Waals surface area contributed by atoms with E-state index in [1.165, 1.54) is 24.3 Å². The van der Waals surface area contributed by atoms with Crippen molar-refractivity contribution in [3.8, 4) is 5.75 Å². The van der Waals surface area contributed by atoms with E-state index in [-0.39, 0.29) is 16.7 Å². The number of nitrogens with two attached hydrogens (primary N) is 2. The molecule has 4 N–H and O–H groups in total. The number of rotatable bonds is 2. The zero-order valence-corrected chi connectivity index (χ0v) is 13.6. The van der Waals surface area contributed by atoms with E-state index in [0.717, 1.165) is 0 Å². The van der Waals surface area contributed by atoms with Gasteiger partial charge in [-0.2, -0.15) is 4.99 Å². The highest BCUT2D eigenvalue weighted by molar-refractivity contribution is 6.03. The van der Waals surface area contributed by atoms with Crippen LogP contribution in [0.2, 0.25) is 0 Å². The van der Waals surface area contributed by atoms with Crippen molar-refractivity contribution >= 4 is 17.4 Å². The first-order valence-electron chi connectivity index (χ1n) is 7.58. The molecule has 0 fully saturated rings. The van der Waals surface area contributed by atoms with Gasteiger partial charge >= 0.3 is 0 Å². The molecule has 1 aliphatic heterocycles. The molecule has 1 aliphatic rings. The fourth-order valence-corrected chi connectivity index (χ4v) is 2.73. The van der Waals surface area contributed by atoms with Crippen LogP contribution >= 0.6 is 0 Å². The Balaban J connectivity index is 2.18. The van der Waals surface area contributed by atoms with E-state index in [0.29, 0.717) is 17.9 Å². The topological polar surface area (TPSA) is 90.7 Å². The minimum atomic E-state index is -1.06. The van der Waals surface area contributed by atoms with Crippen molar-refractivity contribution in [3.05, 3.63) is 70.5 Å². The van der Waals surface area contributed by atoms with Gasteiger partial charge in [0.05, 0.1) is 5.56 Å². The number of hydrogen-bond acceptors (Lipinski definition) is 2. The Labute approximate surface area is 146 Å². The lowest BCUT2D eigenvalue weighted by Gasteiger charge is -2.24. The number of carbonyl (C=O) groups excluding carboxylic acids is 1. The van der Waals surface area contributed by atoms with Gasteiger partial charge in [-0.25, -0.2) is 13.2 Å². The van der Waals surface area contributed by atoms with Crippen molar-refractivity contribution in [2.24, 2.45) is 16.5 Å². The number of nitrogens with zero attached hydrogens (tertiary/aromatic N) is 1. The minimum absolute atomic E-state index is 0.101. The van der Waals surface area contributed by atoms with Crippen molar-refractivity contribution in [1.82, 2.24) is 0 Å². The van der Waals surface area contributed by atoms with Gasteiger partial charge in [0.2, 0.25) is 0 Å². The molecule has 134 valence electrons. The molecule has 0 aromatic heterocycles. The third-order valence-corrected chi connectivity index (χ3v) is 3.74. The van der Waals surface area contributed by atoms with E-state index >= 15 is 0 Å². The van der Waals surface area contributed by atoms with Crippen molar-refractivity contribution in [2.45, 2.75) is 13.0 Å². The molecule has 0 radical (unpaired) electrons. The maximum Gasteiger partial charge on any atom is 0.280 e. The molecule has 0 bridgehead atoms. The number of guanidine groups is 1. The van der Waals surface area contributed by atoms with Crippen molar-refractivity contribution < 1.29 is 22.7 Å². The number of hydrogen-bond donors (Lipinski definition) is 2. The van der Waals surface area contributed by atoms with Gasteiger partial charge in [0.25, 0.3) is 5.91 Å². The standard InChI is InChI=1S/C18H14F3N3O2/c1-8-4-12(16-13(20)6-10(19)7-14(16)21)11-5-9(2-3-15(11)26-8)17(25)24-18(22)23/h2-8H,1H3,(H4,22,23,24,25)/t8-/m0/s1. The molecule has 1 atom stereocenters. The number of ether oxygens (including phenoxy) is 1. The number of benzene rings is 2. The molecule has 26 heavy (non-hydrogen) atoms. The maximum atomic E-state index is 14.3. The monoisotopic (exact) mass is 361 g/mol. The van der Waals surface area contributed by atoms with Crippen molar-refractivity contribution in [3.63, 3.8) is 0 Å². The molecule has 8 heteroatoms. The van der Waals surface area contributed by atoms with Crippen LogP contribution in [0.4, 0.5) is 13.2 Å². The first-order valence-corrected chi connectivity index (χ1v) is 7.58. The predicted octanol–water partition coefficient (Wildman–Crippen LogP) is 2.73. The summed E-state index contributed by atoms with van der Waals surface area (Å²) in [6.45, 7) is 1.68. The third-order valence-electron chi connectivity index (χ3n) is 3.74. The number of amides is 1. The second-order valence-corrected chi connectivity index (χ2v) is 5.70. The SMILES string of the molecule is C[C@H]1C=C(c2c(F)cc(F)cc2F)c2cc(C(=O)N=C(N)N)ccc2O1. The summed E-state index contributed by atoms with van der Waals surface area (Å²) in [5.41, 5.74) is 10.5. The van der Waals surface area contributed by atoms with Gasteiger partial charge < -0.3 is 16.2 Å². The highest BCUT2D eigenvalue weighted by atomic mass is 19.1. The molecule has 3 rings (SSSR count). The van der Waals surface area contributed by atoms with Crippen LogP contribution in [0.5, 0.6) is 5.75 Å². The van der Waals surface area contributed by atoms with Crippen LogP contribution in [-0.2, 0) is 0 Å². The van der Waals surface area contributed by atoms with E-state index in [9.17, 15) is 18.0 Å². The zero-order chi connectivity index (χ0) is 19.0. The lowest BCUT2D eigenvalue weighted by atomic mass is 9.91. The summed E-state index contributed by atoms with van der Waals surface area (Å²) in [4.78, 5) is 15.5. The van der Waals surface area contributed by atoms with Gasteiger partial charge in [0.1, 0.15) is 29.3 Å². The summed E-state index contributed by atoms with van der Waals surface area (Å²) in [5, 5.41) is 0. The van der Waals surface area contributed by atoms with Gasteiger partial charge in [-0.05, 0) is 36.8 Å². The Kier molecular flexibility index (Phi) is 4.41. The molecule has 0 saturated carbocycles. The lowest BCUT2D eigenvalue weighted by molar-refractivity contribution is 0.100. The largest absolute Gasteiger partial charge is 0.486 e. The Bertz CT molecular complexity index is 943. The number of carbonyl (C=O) groups is 1. The fourth-order valence-electron chi connectivity index (χ4n) is 2.73. The molecule has 2 aromatic rings. The average Bonchev–Trinajstić information content (AvgIpc) is 2.52. The maximum absolute atomic E-state index is 14.3. The first-order chi connectivity index (χ1) is 12.3. The molecule has 1 amide bonds. The van der Waals surface area contributed by atoms with Gasteiger partial charge in [-0.3, -0.25) is 4.79 Å². The molecular weight excluding hydrogens is 347 g/mol. The van der Waals surface area contributed by atoms with E-state index in [2.05, 4.69) is 4.99 Å². The summed E-state index contributed by atoms with van der Waals surface area (Å²) in [6, 6.07) is 5.46. The van der Waals surface area contributed by atoms with Gasteiger partial charge in [-0.15, -0.1) is 0 Å². The molecule has 0 spiro atoms. The number of halogens is 3. The van der Waals surface area contributed by atoms with Crippen LogP contribution in [0.15, 0.2) is 41.4 Å². The first kappa shape index (κ1) is 17.5. The lowest BCUT2D eigenvalue weighted by Crippen LogP contribution is -2.24. The molecule has 0 unspecified atom stereocenters. The predicted molar refractivity (Wildman–Crippen MR) is 90.1 cm³/mol. The van der Waals surface area contributed by atoms with Crippen LogP contribution in [0.3, 0.4) is 0 Å². The summed E-state index contributed by atoms with van der Waals surface area (Å²) < 4.78 is 47.4. The van der Waals surface area contributed by atoms with E-state index in [1.54, 1.807) is 6.92 Å². The van der Waals surface area contributed by atoms with Crippen LogP contribution in [0.1, 0.15) is 28.4 Å². The van der Waals surface area contributed by atoms with E-state index in [1.807, 2.05) is 0 Å². The van der Waals surface area contributed by atoms with Gasteiger partial charge in [0.15, 0.2) is 5.96 Å². The zero-order valence-electron chi connectivity index (χ0n) is 13.6. The average molecular weight is 361 g/mol. The van der Waals surface area contributed by atoms with Crippen LogP contribution in [-0.4, -0.2) is 18.0 Å². The fraction of sp³-hybridized carbons (Fsp3) is 0.111. The van der Waals surface area contributed by atoms with Crippen molar-refractivity contribution in [1.29, 1.82) is 0 Å². The van der Waals surface area contributed by atoms with E-state index in [4.69, 9.17) is 16.2 Å². The molecule has 2 aromatic carbocycles. The summed E-state index contributed by atoms with van der Waals surface area (Å²) >= 11 is 0. The van der Waals surface area contributed by atoms with Gasteiger partial charge in [-0.1, -0.05) is 0 Å². The molecule has 1 heterocycles. The second-order valence-electron chi connectivity index (χ2n) is 5.70. The summed E-state index contributed by atoms with van der Waals surface area (Å²) in [7, 11) is 0. The highest BCUT2D eigenvalue weighted by Gasteiger charge is 2.25. The smallest absolute Gasteiger partial charge is 0.280 e. The minimum Gasteiger partial charge on any atom is -0.486 e. The molecule has 5 nitrogen and oxygen atoms in total. The summed E-state index contributed by atoms with van der Waals surface area (Å²) in [5.74, 6) is -3.96. The number of fused-ring (bicyclic) bond motifs is 1. The summed E-state index contributed by atoms with van der Waals surface area (Å²) in [6.07, 6.45) is 0.997. The van der Waals surface area contributed by atoms with Crippen LogP contribution in [0.25, 0.3) is 5.57 Å². The van der Waals surface area contributed by atoms with Gasteiger partial charge in [0, 0.05) is 23.3 Å². The second kappa shape index (κ2) is 6.55. The molecule has 0 saturated heterocycles. The Hall–Kier alpha value is -3.29. The van der Waals surface area contributed by atoms with E-state index < -0.39 is 41.0 Å². The van der Waals surface area contributed by atoms with Crippen molar-refractivity contribution in [2.75, 3.05) is 0 Å². The third kappa shape index (κ3) is 3.26. The van der Waals surface area contributed by atoms with Crippen LogP contribution < -0.4 is 16.2 Å².